The Kier molecular flexibility index (Phi) is 3.93. The minimum Gasteiger partial charge on any atom is -0.380 e. The Bertz CT molecular complexity index is 575. The van der Waals surface area contributed by atoms with Crippen molar-refractivity contribution < 1.29 is 13.2 Å². The average Bonchev–Trinajstić information content (AvgIpc) is 2.94. The van der Waals surface area contributed by atoms with E-state index in [0.717, 1.165) is 5.56 Å². The van der Waals surface area contributed by atoms with Crippen LogP contribution < -0.4 is 5.73 Å². The summed E-state index contributed by atoms with van der Waals surface area (Å²) in [5.74, 6) is -0.257. The fourth-order valence-corrected chi connectivity index (χ4v) is 4.74. The summed E-state index contributed by atoms with van der Waals surface area (Å²) in [6.07, 6.45) is 1.22. The smallest absolute Gasteiger partial charge is 0.152 e. The predicted octanol–water partition coefficient (Wildman–Crippen LogP) is 1.58. The SMILES string of the molecule is CCOC[C@]1(N)[C@@H](c2cccc(Cl)c2)[C@@H]1S(C)(=O)=O. The molecule has 0 spiro atoms. The molecule has 3 atom stereocenters. The van der Waals surface area contributed by atoms with Gasteiger partial charge in [-0.3, -0.25) is 0 Å². The van der Waals surface area contributed by atoms with Crippen LogP contribution in [0, 0.1) is 0 Å². The van der Waals surface area contributed by atoms with Crippen molar-refractivity contribution in [3.05, 3.63) is 34.9 Å². The van der Waals surface area contributed by atoms with E-state index in [2.05, 4.69) is 0 Å². The van der Waals surface area contributed by atoms with Crippen LogP contribution in [0.5, 0.6) is 0 Å². The molecule has 1 aliphatic rings. The van der Waals surface area contributed by atoms with Crippen LogP contribution in [-0.4, -0.2) is 38.7 Å². The lowest BCUT2D eigenvalue weighted by molar-refractivity contribution is 0.125. The summed E-state index contributed by atoms with van der Waals surface area (Å²) in [5.41, 5.74) is 6.24. The Morgan fingerprint density at radius 3 is 2.68 bits per heavy atom. The first kappa shape index (κ1) is 14.8. The maximum atomic E-state index is 11.9. The summed E-state index contributed by atoms with van der Waals surface area (Å²) in [7, 11) is -3.23. The molecule has 6 heteroatoms. The summed E-state index contributed by atoms with van der Waals surface area (Å²) in [5, 5.41) is -0.0274. The highest BCUT2D eigenvalue weighted by atomic mass is 35.5. The van der Waals surface area contributed by atoms with E-state index in [1.165, 1.54) is 6.26 Å². The first-order valence-electron chi connectivity index (χ1n) is 6.11. The number of hydrogen-bond donors (Lipinski definition) is 1. The van der Waals surface area contributed by atoms with Gasteiger partial charge in [-0.05, 0) is 24.6 Å². The van der Waals surface area contributed by atoms with Gasteiger partial charge in [0.25, 0.3) is 0 Å². The highest BCUT2D eigenvalue weighted by molar-refractivity contribution is 7.91. The topological polar surface area (TPSA) is 69.4 Å². The molecule has 0 saturated heterocycles. The van der Waals surface area contributed by atoms with Gasteiger partial charge in [-0.15, -0.1) is 0 Å². The molecule has 1 fully saturated rings. The number of nitrogens with two attached hydrogens (primary N) is 1. The molecule has 0 unspecified atom stereocenters. The Labute approximate surface area is 118 Å². The number of rotatable bonds is 5. The summed E-state index contributed by atoms with van der Waals surface area (Å²) >= 11 is 5.95. The molecule has 1 saturated carbocycles. The summed E-state index contributed by atoms with van der Waals surface area (Å²) < 4.78 is 29.1. The Hall–Kier alpha value is -0.620. The van der Waals surface area contributed by atoms with Crippen molar-refractivity contribution in [3.8, 4) is 0 Å². The minimum atomic E-state index is -3.23. The third kappa shape index (κ3) is 2.79. The van der Waals surface area contributed by atoms with Crippen molar-refractivity contribution in [2.75, 3.05) is 19.5 Å². The van der Waals surface area contributed by atoms with E-state index in [1.807, 2.05) is 13.0 Å². The fraction of sp³-hybridized carbons (Fsp3) is 0.538. The van der Waals surface area contributed by atoms with Crippen LogP contribution in [0.1, 0.15) is 18.4 Å². The minimum absolute atomic E-state index is 0.235. The molecule has 2 rings (SSSR count). The van der Waals surface area contributed by atoms with Gasteiger partial charge < -0.3 is 10.5 Å². The lowest BCUT2D eigenvalue weighted by atomic mass is 10.1. The molecule has 19 heavy (non-hydrogen) atoms. The molecule has 1 aromatic rings. The molecule has 2 N–H and O–H groups in total. The standard InChI is InChI=1S/C13H18ClNO3S/c1-3-18-8-13(15)11(12(13)19(2,16)17)9-5-4-6-10(14)7-9/h4-7,11-12H,3,8,15H2,1-2H3/t11-,12-,13-/m0/s1. The quantitative estimate of drug-likeness (QED) is 0.897. The summed E-state index contributed by atoms with van der Waals surface area (Å²) in [6.45, 7) is 2.60. The van der Waals surface area contributed by atoms with Gasteiger partial charge in [-0.25, -0.2) is 8.42 Å². The van der Waals surface area contributed by atoms with Crippen LogP contribution in [0.15, 0.2) is 24.3 Å². The number of hydrogen-bond acceptors (Lipinski definition) is 4. The molecule has 0 aromatic heterocycles. The fourth-order valence-electron chi connectivity index (χ4n) is 2.70. The number of ether oxygens (including phenoxy) is 1. The van der Waals surface area contributed by atoms with E-state index in [-0.39, 0.29) is 12.5 Å². The first-order chi connectivity index (χ1) is 8.80. The zero-order valence-corrected chi connectivity index (χ0v) is 12.5. The average molecular weight is 304 g/mol. The number of sulfone groups is 1. The van der Waals surface area contributed by atoms with Gasteiger partial charge in [-0.2, -0.15) is 0 Å². The van der Waals surface area contributed by atoms with Crippen LogP contribution in [-0.2, 0) is 14.6 Å². The maximum Gasteiger partial charge on any atom is 0.152 e. The van der Waals surface area contributed by atoms with Crippen LogP contribution in [0.25, 0.3) is 0 Å². The van der Waals surface area contributed by atoms with Gasteiger partial charge in [0.1, 0.15) is 0 Å². The number of halogens is 1. The van der Waals surface area contributed by atoms with Gasteiger partial charge in [0, 0.05) is 23.8 Å². The Morgan fingerprint density at radius 2 is 2.16 bits per heavy atom. The van der Waals surface area contributed by atoms with Crippen molar-refractivity contribution >= 4 is 21.4 Å². The van der Waals surface area contributed by atoms with Crippen molar-refractivity contribution in [1.82, 2.24) is 0 Å². The summed E-state index contributed by atoms with van der Waals surface area (Å²) in [6, 6.07) is 7.18. The molecule has 0 amide bonds. The van der Waals surface area contributed by atoms with Gasteiger partial charge in [-0.1, -0.05) is 23.7 Å². The molecular formula is C13H18ClNO3S. The molecule has 1 aliphatic carbocycles. The van der Waals surface area contributed by atoms with Gasteiger partial charge in [0.15, 0.2) is 9.84 Å². The van der Waals surface area contributed by atoms with Crippen molar-refractivity contribution in [1.29, 1.82) is 0 Å². The van der Waals surface area contributed by atoms with Gasteiger partial charge in [0.05, 0.1) is 17.4 Å². The first-order valence-corrected chi connectivity index (χ1v) is 8.45. The van der Waals surface area contributed by atoms with Crippen LogP contribution in [0.4, 0.5) is 0 Å². The molecule has 4 nitrogen and oxygen atoms in total. The van der Waals surface area contributed by atoms with Gasteiger partial charge >= 0.3 is 0 Å². The third-order valence-corrected chi connectivity index (χ3v) is 5.40. The summed E-state index contributed by atoms with van der Waals surface area (Å²) in [4.78, 5) is 0. The van der Waals surface area contributed by atoms with E-state index in [4.69, 9.17) is 22.1 Å². The molecule has 0 heterocycles. The number of benzene rings is 1. The van der Waals surface area contributed by atoms with E-state index in [1.54, 1.807) is 18.2 Å². The van der Waals surface area contributed by atoms with Crippen molar-refractivity contribution in [2.24, 2.45) is 5.73 Å². The maximum absolute atomic E-state index is 11.9. The highest BCUT2D eigenvalue weighted by Crippen LogP contribution is 2.54. The Morgan fingerprint density at radius 1 is 1.47 bits per heavy atom. The van der Waals surface area contributed by atoms with Crippen molar-refractivity contribution in [2.45, 2.75) is 23.6 Å². The highest BCUT2D eigenvalue weighted by Gasteiger charge is 2.68. The predicted molar refractivity (Wildman–Crippen MR) is 76.2 cm³/mol. The van der Waals surface area contributed by atoms with Crippen LogP contribution in [0.3, 0.4) is 0 Å². The lowest BCUT2D eigenvalue weighted by Crippen LogP contribution is -2.36. The van der Waals surface area contributed by atoms with E-state index in [0.29, 0.717) is 11.6 Å². The molecular weight excluding hydrogens is 286 g/mol. The molecule has 1 aromatic carbocycles. The third-order valence-electron chi connectivity index (χ3n) is 3.53. The lowest BCUT2D eigenvalue weighted by Gasteiger charge is -2.11. The van der Waals surface area contributed by atoms with Crippen molar-refractivity contribution in [3.63, 3.8) is 0 Å². The zero-order chi connectivity index (χ0) is 14.3. The van der Waals surface area contributed by atoms with E-state index in [9.17, 15) is 8.42 Å². The second-order valence-electron chi connectivity index (χ2n) is 5.03. The Balaban J connectivity index is 2.33. The van der Waals surface area contributed by atoms with E-state index >= 15 is 0 Å². The second-order valence-corrected chi connectivity index (χ2v) is 7.64. The van der Waals surface area contributed by atoms with E-state index < -0.39 is 20.6 Å². The zero-order valence-electron chi connectivity index (χ0n) is 11.0. The van der Waals surface area contributed by atoms with Crippen LogP contribution >= 0.6 is 11.6 Å². The second kappa shape index (κ2) is 5.05. The van der Waals surface area contributed by atoms with Crippen LogP contribution in [0.2, 0.25) is 5.02 Å². The molecule has 0 aliphatic heterocycles. The monoisotopic (exact) mass is 303 g/mol. The normalized spacial score (nSPS) is 30.3. The van der Waals surface area contributed by atoms with Gasteiger partial charge in [0.2, 0.25) is 0 Å². The molecule has 106 valence electrons. The largest absolute Gasteiger partial charge is 0.380 e. The molecule has 0 radical (unpaired) electrons. The molecule has 0 bridgehead atoms.